The number of benzene rings is 1. The molecule has 0 saturated carbocycles. The largest absolute Gasteiger partial charge is 0.376 e. The Bertz CT molecular complexity index is 550. The van der Waals surface area contributed by atoms with Crippen LogP contribution < -0.4 is 11.1 Å². The van der Waals surface area contributed by atoms with Gasteiger partial charge in [0.05, 0.1) is 29.8 Å². The molecule has 21 heavy (non-hydrogen) atoms. The molecule has 2 amide bonds. The van der Waals surface area contributed by atoms with E-state index in [1.807, 2.05) is 6.92 Å². The van der Waals surface area contributed by atoms with Gasteiger partial charge in [-0.15, -0.1) is 0 Å². The first kappa shape index (κ1) is 15.6. The molecule has 7 heteroatoms. The van der Waals surface area contributed by atoms with E-state index in [9.17, 15) is 9.59 Å². The number of anilines is 1. The van der Waals surface area contributed by atoms with Crippen molar-refractivity contribution < 1.29 is 14.3 Å². The van der Waals surface area contributed by atoms with Gasteiger partial charge in [0.15, 0.2) is 0 Å². The number of hydrogen-bond donors (Lipinski definition) is 2. The van der Waals surface area contributed by atoms with Crippen molar-refractivity contribution in [1.29, 1.82) is 0 Å². The van der Waals surface area contributed by atoms with Gasteiger partial charge in [-0.2, -0.15) is 0 Å². The highest BCUT2D eigenvalue weighted by atomic mass is 35.5. The lowest BCUT2D eigenvalue weighted by Gasteiger charge is -2.31. The number of carbonyl (C=O) groups excluding carboxylic acids is 2. The summed E-state index contributed by atoms with van der Waals surface area (Å²) in [5, 5.41) is 3.26. The number of amides is 2. The van der Waals surface area contributed by atoms with E-state index in [4.69, 9.17) is 22.1 Å². The van der Waals surface area contributed by atoms with Crippen molar-refractivity contribution in [3.8, 4) is 0 Å². The molecule has 1 aliphatic rings. The maximum absolute atomic E-state index is 12.1. The Hall–Kier alpha value is -1.79. The normalized spacial score (nSPS) is 18.4. The van der Waals surface area contributed by atoms with Gasteiger partial charge in [0.1, 0.15) is 0 Å². The fourth-order valence-corrected chi connectivity index (χ4v) is 2.43. The summed E-state index contributed by atoms with van der Waals surface area (Å²) in [6.07, 6.45) is 0.0620. The molecule has 114 valence electrons. The minimum absolute atomic E-state index is 0.000232. The molecular formula is C14H18ClN3O3. The van der Waals surface area contributed by atoms with Crippen LogP contribution in [0.3, 0.4) is 0 Å². The van der Waals surface area contributed by atoms with Crippen LogP contribution in [0.25, 0.3) is 0 Å². The van der Waals surface area contributed by atoms with Crippen LogP contribution in [0.4, 0.5) is 5.69 Å². The van der Waals surface area contributed by atoms with Gasteiger partial charge in [-0.1, -0.05) is 11.6 Å². The zero-order valence-electron chi connectivity index (χ0n) is 11.8. The predicted octanol–water partition coefficient (Wildman–Crippen LogP) is 1.10. The van der Waals surface area contributed by atoms with Gasteiger partial charge in [0.2, 0.25) is 11.8 Å². The molecule has 0 radical (unpaired) electrons. The molecule has 0 aromatic heterocycles. The molecule has 1 aliphatic heterocycles. The molecule has 1 aromatic carbocycles. The topological polar surface area (TPSA) is 84.7 Å². The van der Waals surface area contributed by atoms with Gasteiger partial charge in [0.25, 0.3) is 0 Å². The molecule has 1 saturated heterocycles. The van der Waals surface area contributed by atoms with Crippen molar-refractivity contribution in [2.24, 2.45) is 5.73 Å². The number of ether oxygens (including phenoxy) is 1. The lowest BCUT2D eigenvalue weighted by Crippen LogP contribution is -2.46. The van der Waals surface area contributed by atoms with E-state index < -0.39 is 5.91 Å². The molecule has 1 aromatic rings. The van der Waals surface area contributed by atoms with Gasteiger partial charge in [-0.25, -0.2) is 0 Å². The second kappa shape index (κ2) is 6.78. The maximum atomic E-state index is 12.1. The first-order valence-electron chi connectivity index (χ1n) is 6.70. The van der Waals surface area contributed by atoms with Crippen molar-refractivity contribution in [2.45, 2.75) is 13.0 Å². The molecule has 1 heterocycles. The third-order valence-electron chi connectivity index (χ3n) is 3.27. The number of primary amides is 1. The average molecular weight is 312 g/mol. The zero-order valence-corrected chi connectivity index (χ0v) is 12.5. The number of halogens is 1. The average Bonchev–Trinajstić information content (AvgIpc) is 2.44. The number of nitrogens with one attached hydrogen (secondary N) is 1. The fourth-order valence-electron chi connectivity index (χ4n) is 2.16. The van der Waals surface area contributed by atoms with Crippen molar-refractivity contribution in [3.63, 3.8) is 0 Å². The number of nitrogens with zero attached hydrogens (tertiary/aromatic N) is 1. The van der Waals surface area contributed by atoms with E-state index in [1.54, 1.807) is 17.0 Å². The molecule has 0 unspecified atom stereocenters. The molecule has 2 rings (SSSR count). The first-order valence-corrected chi connectivity index (χ1v) is 7.08. The Balaban J connectivity index is 1.92. The number of hydrogen-bond acceptors (Lipinski definition) is 4. The smallest absolute Gasteiger partial charge is 0.250 e. The summed E-state index contributed by atoms with van der Waals surface area (Å²) in [6, 6.07) is 4.78. The van der Waals surface area contributed by atoms with Crippen molar-refractivity contribution in [3.05, 3.63) is 28.8 Å². The van der Waals surface area contributed by atoms with Crippen molar-refractivity contribution in [1.82, 2.24) is 4.90 Å². The van der Waals surface area contributed by atoms with Gasteiger partial charge < -0.3 is 20.7 Å². The molecule has 0 bridgehead atoms. The zero-order chi connectivity index (χ0) is 15.4. The molecule has 6 nitrogen and oxygen atoms in total. The summed E-state index contributed by atoms with van der Waals surface area (Å²) in [4.78, 5) is 24.9. The monoisotopic (exact) mass is 311 g/mol. The Labute approximate surface area is 128 Å². The highest BCUT2D eigenvalue weighted by Crippen LogP contribution is 2.20. The highest BCUT2D eigenvalue weighted by Gasteiger charge is 2.20. The van der Waals surface area contributed by atoms with Crippen LogP contribution in [0.15, 0.2) is 18.2 Å². The van der Waals surface area contributed by atoms with Crippen LogP contribution >= 0.6 is 11.6 Å². The molecule has 0 spiro atoms. The minimum atomic E-state index is -0.579. The molecule has 0 aliphatic carbocycles. The van der Waals surface area contributed by atoms with Gasteiger partial charge in [0, 0.05) is 18.8 Å². The molecule has 1 atom stereocenters. The second-order valence-electron chi connectivity index (χ2n) is 4.93. The molecular weight excluding hydrogens is 294 g/mol. The Kier molecular flexibility index (Phi) is 5.03. The SMILES string of the molecule is C[C@@H]1CN(C(=O)CNc2ccc(C(N)=O)c(Cl)c2)CCO1. The summed E-state index contributed by atoms with van der Waals surface area (Å²) < 4.78 is 5.40. The van der Waals surface area contributed by atoms with E-state index in [0.717, 1.165) is 0 Å². The van der Waals surface area contributed by atoms with Crippen LogP contribution in [0.2, 0.25) is 5.02 Å². The predicted molar refractivity (Wildman–Crippen MR) is 80.5 cm³/mol. The van der Waals surface area contributed by atoms with Crippen LogP contribution in [-0.4, -0.2) is 49.1 Å². The Morgan fingerprint density at radius 1 is 1.52 bits per heavy atom. The molecule has 1 fully saturated rings. The lowest BCUT2D eigenvalue weighted by atomic mass is 10.2. The van der Waals surface area contributed by atoms with Crippen molar-refractivity contribution >= 4 is 29.1 Å². The van der Waals surface area contributed by atoms with Gasteiger partial charge >= 0.3 is 0 Å². The second-order valence-corrected chi connectivity index (χ2v) is 5.34. The first-order chi connectivity index (χ1) is 9.97. The van der Waals surface area contributed by atoms with Gasteiger partial charge in [-0.05, 0) is 25.1 Å². The minimum Gasteiger partial charge on any atom is -0.376 e. The van der Waals surface area contributed by atoms with E-state index in [0.29, 0.717) is 25.4 Å². The van der Waals surface area contributed by atoms with Gasteiger partial charge in [-0.3, -0.25) is 9.59 Å². The Morgan fingerprint density at radius 2 is 2.29 bits per heavy atom. The van der Waals surface area contributed by atoms with E-state index in [-0.39, 0.29) is 29.1 Å². The quantitative estimate of drug-likeness (QED) is 0.872. The van der Waals surface area contributed by atoms with Crippen molar-refractivity contribution in [2.75, 3.05) is 31.6 Å². The third-order valence-corrected chi connectivity index (χ3v) is 3.58. The summed E-state index contributed by atoms with van der Waals surface area (Å²) in [7, 11) is 0. The molecule has 3 N–H and O–H groups in total. The van der Waals surface area contributed by atoms with E-state index in [1.165, 1.54) is 6.07 Å². The third kappa shape index (κ3) is 4.09. The van der Waals surface area contributed by atoms with Crippen LogP contribution in [0.5, 0.6) is 0 Å². The van der Waals surface area contributed by atoms with E-state index in [2.05, 4.69) is 5.32 Å². The summed E-state index contributed by atoms with van der Waals surface area (Å²) in [5.74, 6) is -0.579. The lowest BCUT2D eigenvalue weighted by molar-refractivity contribution is -0.136. The number of carbonyl (C=O) groups is 2. The standard InChI is InChI=1S/C14H18ClN3O3/c1-9-8-18(4-5-21-9)13(19)7-17-10-2-3-11(14(16)20)12(15)6-10/h2-3,6,9,17H,4-5,7-8H2,1H3,(H2,16,20)/t9-/m1/s1. The fraction of sp³-hybridized carbons (Fsp3) is 0.429. The maximum Gasteiger partial charge on any atom is 0.250 e. The number of rotatable bonds is 4. The number of nitrogens with two attached hydrogens (primary N) is 1. The summed E-state index contributed by atoms with van der Waals surface area (Å²) in [5.41, 5.74) is 6.11. The van der Waals surface area contributed by atoms with Crippen LogP contribution in [0.1, 0.15) is 17.3 Å². The van der Waals surface area contributed by atoms with Crippen LogP contribution in [-0.2, 0) is 9.53 Å². The highest BCUT2D eigenvalue weighted by molar-refractivity contribution is 6.34. The van der Waals surface area contributed by atoms with E-state index >= 15 is 0 Å². The Morgan fingerprint density at radius 3 is 2.90 bits per heavy atom. The summed E-state index contributed by atoms with van der Waals surface area (Å²) in [6.45, 7) is 3.87. The summed E-state index contributed by atoms with van der Waals surface area (Å²) >= 11 is 5.95. The number of morpholine rings is 1. The van der Waals surface area contributed by atoms with Crippen LogP contribution in [0, 0.1) is 0 Å².